The summed E-state index contributed by atoms with van der Waals surface area (Å²) in [5, 5.41) is 0.867. The zero-order valence-corrected chi connectivity index (χ0v) is 21.4. The average molecular weight is 510 g/mol. The number of benzene rings is 3. The Morgan fingerprint density at radius 3 is 2.49 bits per heavy atom. The smallest absolute Gasteiger partial charge is 0.338 e. The Kier molecular flexibility index (Phi) is 7.81. The van der Waals surface area contributed by atoms with Crippen LogP contribution in [0.4, 0.5) is 0 Å². The number of rotatable bonds is 10. The molecular formula is C30H27N3O3S. The van der Waals surface area contributed by atoms with Crippen LogP contribution in [0.3, 0.4) is 0 Å². The average Bonchev–Trinajstić information content (AvgIpc) is 3.29. The van der Waals surface area contributed by atoms with Gasteiger partial charge in [0, 0.05) is 11.9 Å². The monoisotopic (exact) mass is 509 g/mol. The Bertz CT molecular complexity index is 1470. The molecule has 2 aromatic heterocycles. The number of carbonyl (C=O) groups is 1. The van der Waals surface area contributed by atoms with Crippen molar-refractivity contribution in [2.24, 2.45) is 0 Å². The number of aromatic nitrogens is 3. The molecule has 37 heavy (non-hydrogen) atoms. The summed E-state index contributed by atoms with van der Waals surface area (Å²) in [6.07, 6.45) is 1.79. The van der Waals surface area contributed by atoms with E-state index in [1.807, 2.05) is 54.6 Å². The maximum atomic E-state index is 12.3. The van der Waals surface area contributed by atoms with Crippen LogP contribution in [0.25, 0.3) is 11.0 Å². The van der Waals surface area contributed by atoms with Gasteiger partial charge in [0.2, 0.25) is 0 Å². The highest BCUT2D eigenvalue weighted by Gasteiger charge is 2.15. The van der Waals surface area contributed by atoms with Crippen molar-refractivity contribution < 1.29 is 14.3 Å². The lowest BCUT2D eigenvalue weighted by atomic mass is 10.2. The predicted molar refractivity (Wildman–Crippen MR) is 146 cm³/mol. The first kappa shape index (κ1) is 24.6. The number of ether oxygens (including phenoxy) is 2. The molecule has 0 unspecified atom stereocenters. The molecule has 0 aliphatic rings. The fourth-order valence-electron chi connectivity index (χ4n) is 3.94. The number of carbonyl (C=O) groups excluding carboxylic acids is 1. The van der Waals surface area contributed by atoms with Crippen molar-refractivity contribution >= 4 is 28.8 Å². The summed E-state index contributed by atoms with van der Waals surface area (Å²) in [4.78, 5) is 21.6. The van der Waals surface area contributed by atoms with E-state index in [9.17, 15) is 4.79 Å². The number of fused-ring (bicyclic) bond motifs is 1. The van der Waals surface area contributed by atoms with Gasteiger partial charge in [0.1, 0.15) is 12.4 Å². The molecule has 7 heteroatoms. The highest BCUT2D eigenvalue weighted by molar-refractivity contribution is 7.98. The lowest BCUT2D eigenvalue weighted by Crippen LogP contribution is -2.05. The molecule has 2 heterocycles. The summed E-state index contributed by atoms with van der Waals surface area (Å²) < 4.78 is 13.2. The van der Waals surface area contributed by atoms with Crippen LogP contribution in [0.1, 0.15) is 34.1 Å². The Labute approximate surface area is 220 Å². The fraction of sp³-hybridized carbons (Fsp3) is 0.167. The largest absolute Gasteiger partial charge is 0.489 e. The summed E-state index contributed by atoms with van der Waals surface area (Å²) >= 11 is 1.65. The van der Waals surface area contributed by atoms with Crippen LogP contribution >= 0.6 is 11.8 Å². The first-order valence-corrected chi connectivity index (χ1v) is 13.1. The first-order valence-electron chi connectivity index (χ1n) is 12.2. The van der Waals surface area contributed by atoms with Gasteiger partial charge >= 0.3 is 5.97 Å². The molecule has 0 radical (unpaired) electrons. The van der Waals surface area contributed by atoms with E-state index < -0.39 is 0 Å². The van der Waals surface area contributed by atoms with Gasteiger partial charge in [0.05, 0.1) is 35.4 Å². The van der Waals surface area contributed by atoms with E-state index in [0.717, 1.165) is 38.9 Å². The van der Waals surface area contributed by atoms with Gasteiger partial charge < -0.3 is 14.0 Å². The molecule has 0 saturated carbocycles. The van der Waals surface area contributed by atoms with Gasteiger partial charge in [-0.15, -0.1) is 0 Å². The second-order valence-electron chi connectivity index (χ2n) is 8.43. The van der Waals surface area contributed by atoms with E-state index in [2.05, 4.69) is 33.8 Å². The van der Waals surface area contributed by atoms with Crippen LogP contribution in [-0.4, -0.2) is 27.1 Å². The van der Waals surface area contributed by atoms with Crippen LogP contribution in [0, 0.1) is 0 Å². The van der Waals surface area contributed by atoms with E-state index in [0.29, 0.717) is 25.3 Å². The molecule has 0 atom stereocenters. The van der Waals surface area contributed by atoms with Gasteiger partial charge in [-0.2, -0.15) is 0 Å². The quantitative estimate of drug-likeness (QED) is 0.158. The minimum atomic E-state index is -0.340. The Morgan fingerprint density at radius 1 is 0.919 bits per heavy atom. The second-order valence-corrected chi connectivity index (χ2v) is 9.37. The summed E-state index contributed by atoms with van der Waals surface area (Å²) in [5.41, 5.74) is 5.46. The molecular weight excluding hydrogens is 482 g/mol. The molecule has 0 bridgehead atoms. The van der Waals surface area contributed by atoms with Crippen LogP contribution < -0.4 is 4.74 Å². The molecule has 3 aromatic carbocycles. The molecule has 0 fully saturated rings. The summed E-state index contributed by atoms with van der Waals surface area (Å²) in [5.74, 6) is 1.24. The topological polar surface area (TPSA) is 66.2 Å². The van der Waals surface area contributed by atoms with Gasteiger partial charge in [0.15, 0.2) is 5.16 Å². The third-order valence-electron chi connectivity index (χ3n) is 5.81. The van der Waals surface area contributed by atoms with Crippen molar-refractivity contribution in [2.45, 2.75) is 31.0 Å². The fourth-order valence-corrected chi connectivity index (χ4v) is 4.91. The zero-order chi connectivity index (χ0) is 25.5. The third-order valence-corrected chi connectivity index (χ3v) is 6.86. The number of esters is 1. The number of imidazole rings is 1. The van der Waals surface area contributed by atoms with Gasteiger partial charge in [0.25, 0.3) is 0 Å². The van der Waals surface area contributed by atoms with Crippen molar-refractivity contribution in [2.75, 3.05) is 6.61 Å². The Balaban J connectivity index is 1.33. The normalized spacial score (nSPS) is 10.9. The van der Waals surface area contributed by atoms with E-state index in [4.69, 9.17) is 14.5 Å². The van der Waals surface area contributed by atoms with Crippen molar-refractivity contribution in [3.63, 3.8) is 0 Å². The maximum absolute atomic E-state index is 12.3. The Hall–Kier alpha value is -4.10. The molecule has 0 amide bonds. The summed E-state index contributed by atoms with van der Waals surface area (Å²) in [7, 11) is 0. The molecule has 5 rings (SSSR count). The van der Waals surface area contributed by atoms with E-state index >= 15 is 0 Å². The third kappa shape index (κ3) is 6.19. The lowest BCUT2D eigenvalue weighted by Gasteiger charge is -2.10. The van der Waals surface area contributed by atoms with E-state index in [1.165, 1.54) is 5.56 Å². The molecule has 0 spiro atoms. The van der Waals surface area contributed by atoms with Crippen molar-refractivity contribution in [1.82, 2.24) is 14.5 Å². The molecule has 6 nitrogen and oxygen atoms in total. The van der Waals surface area contributed by atoms with Crippen LogP contribution in [0.2, 0.25) is 0 Å². The number of pyridine rings is 1. The molecule has 0 saturated heterocycles. The van der Waals surface area contributed by atoms with E-state index in [1.54, 1.807) is 37.0 Å². The van der Waals surface area contributed by atoms with Gasteiger partial charge in [-0.1, -0.05) is 60.3 Å². The number of nitrogens with zero attached hydrogens (tertiary/aromatic N) is 3. The number of hydrogen-bond acceptors (Lipinski definition) is 6. The van der Waals surface area contributed by atoms with Crippen LogP contribution in [0.15, 0.2) is 102 Å². The Morgan fingerprint density at radius 2 is 1.73 bits per heavy atom. The maximum Gasteiger partial charge on any atom is 0.338 e. The SMILES string of the molecule is CCOC(=O)c1ccc2c(c1)nc(SCc1ccc(OCc3ccccc3)cc1)n2Cc1ccccn1. The van der Waals surface area contributed by atoms with Crippen molar-refractivity contribution in [3.8, 4) is 5.75 Å². The van der Waals surface area contributed by atoms with Gasteiger partial charge in [-0.05, 0) is 60.5 Å². The van der Waals surface area contributed by atoms with Gasteiger partial charge in [-0.25, -0.2) is 9.78 Å². The molecule has 5 aromatic rings. The number of thioether (sulfide) groups is 1. The van der Waals surface area contributed by atoms with Crippen molar-refractivity contribution in [3.05, 3.63) is 120 Å². The highest BCUT2D eigenvalue weighted by Crippen LogP contribution is 2.29. The predicted octanol–water partition coefficient (Wildman–Crippen LogP) is 6.53. The summed E-state index contributed by atoms with van der Waals surface area (Å²) in [6.45, 7) is 3.27. The van der Waals surface area contributed by atoms with E-state index in [-0.39, 0.29) is 5.97 Å². The van der Waals surface area contributed by atoms with Crippen LogP contribution in [0.5, 0.6) is 5.75 Å². The number of hydrogen-bond donors (Lipinski definition) is 0. The summed E-state index contributed by atoms with van der Waals surface area (Å²) in [6, 6.07) is 29.7. The molecule has 186 valence electrons. The van der Waals surface area contributed by atoms with Crippen LogP contribution in [-0.2, 0) is 23.6 Å². The minimum absolute atomic E-state index is 0.335. The minimum Gasteiger partial charge on any atom is -0.489 e. The van der Waals surface area contributed by atoms with Crippen molar-refractivity contribution in [1.29, 1.82) is 0 Å². The molecule has 0 N–H and O–H groups in total. The zero-order valence-electron chi connectivity index (χ0n) is 20.5. The second kappa shape index (κ2) is 11.8. The standard InChI is InChI=1S/C30H27N3O3S/c1-2-35-29(34)24-13-16-28-27(18-24)32-30(33(28)19-25-10-6-7-17-31-25)37-21-23-11-14-26(15-12-23)36-20-22-8-4-3-5-9-22/h3-18H,2,19-21H2,1H3. The first-order chi connectivity index (χ1) is 18.2. The molecule has 0 aliphatic heterocycles. The highest BCUT2D eigenvalue weighted by atomic mass is 32.2. The molecule has 0 aliphatic carbocycles. The lowest BCUT2D eigenvalue weighted by molar-refractivity contribution is 0.0526. The van der Waals surface area contributed by atoms with Gasteiger partial charge in [-0.3, -0.25) is 4.98 Å².